The largest absolute Gasteiger partial charge is 0.463 e. The molecule has 33 heavy (non-hydrogen) atoms. The molecule has 0 radical (unpaired) electrons. The molecular formula is C21H27N6O6+. The number of amides is 4. The molecule has 4 heterocycles. The zero-order chi connectivity index (χ0) is 23.7. The SMILES string of the molecule is CCOC(=O)C[N+]1=C(CN2CCN(C(=O)c3ccco3)CC2)N=C2C1C(=O)N(C)C(=O)N2C. The van der Waals surface area contributed by atoms with Crippen LogP contribution in [-0.4, -0.2) is 126 Å². The van der Waals surface area contributed by atoms with Crippen molar-refractivity contribution >= 4 is 35.5 Å². The van der Waals surface area contributed by atoms with E-state index in [4.69, 9.17) is 9.15 Å². The van der Waals surface area contributed by atoms with Gasteiger partial charge in [0.05, 0.1) is 12.9 Å². The van der Waals surface area contributed by atoms with Crippen LogP contribution in [0.1, 0.15) is 17.5 Å². The fourth-order valence-corrected chi connectivity index (χ4v) is 4.17. The minimum absolute atomic E-state index is 0.153. The van der Waals surface area contributed by atoms with Crippen LogP contribution in [0.2, 0.25) is 0 Å². The van der Waals surface area contributed by atoms with E-state index in [0.29, 0.717) is 50.2 Å². The summed E-state index contributed by atoms with van der Waals surface area (Å²) in [6.07, 6.45) is 1.47. The van der Waals surface area contributed by atoms with E-state index in [-0.39, 0.29) is 19.1 Å². The van der Waals surface area contributed by atoms with E-state index < -0.39 is 23.9 Å². The molecule has 1 atom stereocenters. The molecule has 0 bridgehead atoms. The van der Waals surface area contributed by atoms with Gasteiger partial charge >= 0.3 is 17.8 Å². The van der Waals surface area contributed by atoms with Crippen molar-refractivity contribution in [3.63, 3.8) is 0 Å². The number of aliphatic imine (C=N–C) groups is 1. The van der Waals surface area contributed by atoms with Gasteiger partial charge < -0.3 is 14.1 Å². The molecule has 0 saturated carbocycles. The van der Waals surface area contributed by atoms with Crippen molar-refractivity contribution in [1.29, 1.82) is 0 Å². The number of furan rings is 1. The van der Waals surface area contributed by atoms with E-state index in [9.17, 15) is 19.2 Å². The predicted molar refractivity (Wildman–Crippen MR) is 115 cm³/mol. The van der Waals surface area contributed by atoms with Gasteiger partial charge in [-0.2, -0.15) is 0 Å². The Hall–Kier alpha value is -3.54. The Morgan fingerprint density at radius 1 is 1.18 bits per heavy atom. The number of urea groups is 1. The first-order valence-corrected chi connectivity index (χ1v) is 10.8. The second-order valence-corrected chi connectivity index (χ2v) is 8.01. The first kappa shape index (κ1) is 22.6. The molecule has 12 nitrogen and oxygen atoms in total. The van der Waals surface area contributed by atoms with Gasteiger partial charge in [-0.15, -0.1) is 0 Å². The number of ether oxygens (including phenoxy) is 1. The second kappa shape index (κ2) is 9.14. The zero-order valence-corrected chi connectivity index (χ0v) is 18.9. The molecular weight excluding hydrogens is 432 g/mol. The molecule has 0 aromatic carbocycles. The number of amidine groups is 2. The molecule has 3 aliphatic rings. The van der Waals surface area contributed by atoms with Gasteiger partial charge in [0, 0.05) is 40.3 Å². The Bertz CT molecular complexity index is 1020. The van der Waals surface area contributed by atoms with Gasteiger partial charge in [0.1, 0.15) is 6.54 Å². The number of hydrogen-bond donors (Lipinski definition) is 0. The highest BCUT2D eigenvalue weighted by atomic mass is 16.5. The highest BCUT2D eigenvalue weighted by Gasteiger charge is 2.53. The third-order valence-corrected chi connectivity index (χ3v) is 5.97. The zero-order valence-electron chi connectivity index (χ0n) is 18.9. The number of fused-ring (bicyclic) bond motifs is 1. The predicted octanol–water partition coefficient (Wildman–Crippen LogP) is -0.684. The van der Waals surface area contributed by atoms with Crippen LogP contribution in [0, 0.1) is 0 Å². The summed E-state index contributed by atoms with van der Waals surface area (Å²) in [5.41, 5.74) is 0. The van der Waals surface area contributed by atoms with E-state index in [0.717, 1.165) is 4.90 Å². The van der Waals surface area contributed by atoms with E-state index in [1.807, 2.05) is 0 Å². The van der Waals surface area contributed by atoms with E-state index in [2.05, 4.69) is 9.89 Å². The van der Waals surface area contributed by atoms with Crippen molar-refractivity contribution in [1.82, 2.24) is 19.6 Å². The topological polar surface area (TPSA) is 119 Å². The molecule has 0 N–H and O–H groups in total. The molecule has 2 saturated heterocycles. The van der Waals surface area contributed by atoms with Crippen LogP contribution in [0.4, 0.5) is 4.79 Å². The molecule has 0 spiro atoms. The Kier molecular flexibility index (Phi) is 6.27. The molecule has 4 amide bonds. The van der Waals surface area contributed by atoms with Gasteiger partial charge in [0.15, 0.2) is 12.3 Å². The van der Waals surface area contributed by atoms with Crippen molar-refractivity contribution in [3.05, 3.63) is 24.2 Å². The van der Waals surface area contributed by atoms with Gasteiger partial charge in [0.2, 0.25) is 0 Å². The highest BCUT2D eigenvalue weighted by molar-refractivity contribution is 6.23. The number of rotatable bonds is 6. The Morgan fingerprint density at radius 2 is 1.91 bits per heavy atom. The molecule has 0 aliphatic carbocycles. The smallest absolute Gasteiger partial charge is 0.348 e. The van der Waals surface area contributed by atoms with Crippen LogP contribution in [0.3, 0.4) is 0 Å². The lowest BCUT2D eigenvalue weighted by atomic mass is 10.1. The van der Waals surface area contributed by atoms with Crippen LogP contribution >= 0.6 is 0 Å². The minimum Gasteiger partial charge on any atom is -0.463 e. The van der Waals surface area contributed by atoms with Crippen molar-refractivity contribution in [2.75, 3.05) is 60.0 Å². The third kappa shape index (κ3) is 4.25. The van der Waals surface area contributed by atoms with Crippen LogP contribution in [0.5, 0.6) is 0 Å². The summed E-state index contributed by atoms with van der Waals surface area (Å²) in [5.74, 6) is 0.0451. The number of carbonyl (C=O) groups is 4. The summed E-state index contributed by atoms with van der Waals surface area (Å²) in [6.45, 7) is 4.32. The van der Waals surface area contributed by atoms with Gasteiger partial charge in [-0.3, -0.25) is 24.3 Å². The lowest BCUT2D eigenvalue weighted by molar-refractivity contribution is -0.527. The normalized spacial score (nSPS) is 21.5. The summed E-state index contributed by atoms with van der Waals surface area (Å²) < 4.78 is 11.9. The van der Waals surface area contributed by atoms with E-state index in [1.54, 1.807) is 35.6 Å². The Labute approximate surface area is 190 Å². The molecule has 1 aromatic rings. The van der Waals surface area contributed by atoms with Crippen molar-refractivity contribution in [2.24, 2.45) is 4.99 Å². The quantitative estimate of drug-likeness (QED) is 0.408. The number of likely N-dealkylation sites (N-methyl/N-ethyl adjacent to an activating group) is 2. The maximum Gasteiger partial charge on any atom is 0.348 e. The van der Waals surface area contributed by atoms with Crippen LogP contribution in [0.25, 0.3) is 0 Å². The first-order chi connectivity index (χ1) is 15.8. The standard InChI is InChI=1S/C21H27N6O6/c1-4-32-16(28)13-27-15(22-18-17(27)20(30)24(3)21(31)23(18)2)12-25-7-9-26(10-8-25)19(29)14-6-5-11-33-14/h5-6,11,17H,4,7-10,12-13H2,1-3H3/q+1. The van der Waals surface area contributed by atoms with Gasteiger partial charge in [0.25, 0.3) is 23.7 Å². The minimum atomic E-state index is -0.862. The Morgan fingerprint density at radius 3 is 2.55 bits per heavy atom. The van der Waals surface area contributed by atoms with E-state index in [1.165, 1.54) is 18.2 Å². The van der Waals surface area contributed by atoms with Gasteiger partial charge in [-0.25, -0.2) is 14.2 Å². The average Bonchev–Trinajstić information content (AvgIpc) is 3.46. The number of nitrogens with zero attached hydrogens (tertiary/aromatic N) is 6. The summed E-state index contributed by atoms with van der Waals surface area (Å²) in [7, 11) is 2.97. The van der Waals surface area contributed by atoms with Crippen LogP contribution in [0.15, 0.2) is 27.8 Å². The van der Waals surface area contributed by atoms with Crippen LogP contribution < -0.4 is 0 Å². The number of carbonyl (C=O) groups excluding carboxylic acids is 4. The highest BCUT2D eigenvalue weighted by Crippen LogP contribution is 2.20. The van der Waals surface area contributed by atoms with Gasteiger partial charge in [-0.05, 0) is 24.0 Å². The monoisotopic (exact) mass is 459 g/mol. The number of esters is 1. The first-order valence-electron chi connectivity index (χ1n) is 10.8. The number of piperazine rings is 1. The maximum absolute atomic E-state index is 12.9. The fourth-order valence-electron chi connectivity index (χ4n) is 4.17. The van der Waals surface area contributed by atoms with Crippen LogP contribution in [-0.2, 0) is 14.3 Å². The molecule has 2 fully saturated rings. The molecule has 1 unspecified atom stereocenters. The summed E-state index contributed by atoms with van der Waals surface area (Å²) in [4.78, 5) is 60.8. The Balaban J connectivity index is 1.51. The summed E-state index contributed by atoms with van der Waals surface area (Å²) in [5, 5.41) is 0. The summed E-state index contributed by atoms with van der Waals surface area (Å²) >= 11 is 0. The fraction of sp³-hybridized carbons (Fsp3) is 0.524. The maximum atomic E-state index is 12.9. The number of imide groups is 1. The van der Waals surface area contributed by atoms with Gasteiger partial charge in [-0.1, -0.05) is 0 Å². The average molecular weight is 459 g/mol. The lowest BCUT2D eigenvalue weighted by Crippen LogP contribution is -2.62. The van der Waals surface area contributed by atoms with Crippen molar-refractivity contribution in [2.45, 2.75) is 13.0 Å². The molecule has 1 aromatic heterocycles. The molecule has 176 valence electrons. The molecule has 12 heteroatoms. The second-order valence-electron chi connectivity index (χ2n) is 8.01. The number of hydrogen-bond acceptors (Lipinski definition) is 8. The molecule has 3 aliphatic heterocycles. The summed E-state index contributed by atoms with van der Waals surface area (Å²) in [6, 6.07) is 1.98. The third-order valence-electron chi connectivity index (χ3n) is 5.97. The molecule has 4 rings (SSSR count). The van der Waals surface area contributed by atoms with Crippen molar-refractivity contribution < 1.29 is 32.9 Å². The van der Waals surface area contributed by atoms with E-state index >= 15 is 0 Å². The van der Waals surface area contributed by atoms with Crippen molar-refractivity contribution in [3.8, 4) is 0 Å². The lowest BCUT2D eigenvalue weighted by Gasteiger charge is -2.33.